The minimum atomic E-state index is -0.150. The third-order valence-electron chi connectivity index (χ3n) is 3.97. The van der Waals surface area contributed by atoms with E-state index in [1.165, 1.54) is 31.7 Å². The van der Waals surface area contributed by atoms with Crippen molar-refractivity contribution in [3.8, 4) is 5.88 Å². The van der Waals surface area contributed by atoms with Crippen LogP contribution in [0.25, 0.3) is 0 Å². The molecule has 0 aliphatic carbocycles. The second kappa shape index (κ2) is 11.7. The summed E-state index contributed by atoms with van der Waals surface area (Å²) in [6.07, 6.45) is 9.35. The van der Waals surface area contributed by atoms with Crippen LogP contribution in [0.5, 0.6) is 5.88 Å². The van der Waals surface area contributed by atoms with Gasteiger partial charge >= 0.3 is 0 Å². The van der Waals surface area contributed by atoms with Crippen molar-refractivity contribution in [1.29, 1.82) is 0 Å². The Hall–Kier alpha value is -1.86. The van der Waals surface area contributed by atoms with E-state index in [1.807, 2.05) is 24.3 Å². The Kier molecular flexibility index (Phi) is 9.20. The van der Waals surface area contributed by atoms with E-state index < -0.39 is 0 Å². The van der Waals surface area contributed by atoms with Gasteiger partial charge < -0.3 is 10.1 Å². The molecule has 1 aromatic heterocycles. The maximum Gasteiger partial charge on any atom is 0.230 e. The van der Waals surface area contributed by atoms with Crippen molar-refractivity contribution in [3.05, 3.63) is 36.0 Å². The van der Waals surface area contributed by atoms with Gasteiger partial charge in [0.25, 0.3) is 0 Å². The zero-order valence-corrected chi connectivity index (χ0v) is 16.1. The SMILES string of the molecule is CC(=O)SCC(=O)NCC=CCOc1cc(CN2CCCCC2)ccn1. The van der Waals surface area contributed by atoms with Crippen molar-refractivity contribution in [1.82, 2.24) is 15.2 Å². The number of hydrogen-bond donors (Lipinski definition) is 1. The van der Waals surface area contributed by atoms with Crippen LogP contribution in [0.3, 0.4) is 0 Å². The fourth-order valence-corrected chi connectivity index (χ4v) is 3.12. The summed E-state index contributed by atoms with van der Waals surface area (Å²) in [5, 5.41) is 2.66. The summed E-state index contributed by atoms with van der Waals surface area (Å²) in [5.74, 6) is 0.627. The van der Waals surface area contributed by atoms with Crippen molar-refractivity contribution < 1.29 is 14.3 Å². The maximum absolute atomic E-state index is 11.4. The first-order valence-electron chi connectivity index (χ1n) is 8.98. The fourth-order valence-electron chi connectivity index (χ4n) is 2.68. The highest BCUT2D eigenvalue weighted by molar-refractivity contribution is 8.14. The molecule has 1 aliphatic rings. The van der Waals surface area contributed by atoms with Gasteiger partial charge in [-0.05, 0) is 43.6 Å². The third kappa shape index (κ3) is 8.49. The van der Waals surface area contributed by atoms with Crippen molar-refractivity contribution in [2.45, 2.75) is 32.7 Å². The number of rotatable bonds is 9. The Labute approximate surface area is 159 Å². The number of aromatic nitrogens is 1. The Bertz CT molecular complexity index is 616. The molecule has 1 saturated heterocycles. The van der Waals surface area contributed by atoms with Crippen LogP contribution in [0, 0.1) is 0 Å². The Morgan fingerprint density at radius 2 is 2.12 bits per heavy atom. The summed E-state index contributed by atoms with van der Waals surface area (Å²) in [4.78, 5) is 28.9. The fraction of sp³-hybridized carbons (Fsp3) is 0.526. The number of likely N-dealkylation sites (tertiary alicyclic amines) is 1. The van der Waals surface area contributed by atoms with E-state index in [-0.39, 0.29) is 16.8 Å². The zero-order chi connectivity index (χ0) is 18.6. The molecule has 26 heavy (non-hydrogen) atoms. The molecule has 0 saturated carbocycles. The lowest BCUT2D eigenvalue weighted by Gasteiger charge is -2.26. The van der Waals surface area contributed by atoms with Crippen LogP contribution >= 0.6 is 11.8 Å². The molecule has 0 atom stereocenters. The largest absolute Gasteiger partial charge is 0.473 e. The van der Waals surface area contributed by atoms with Crippen LogP contribution in [0.15, 0.2) is 30.5 Å². The van der Waals surface area contributed by atoms with Gasteiger partial charge in [0.2, 0.25) is 11.8 Å². The third-order valence-corrected chi connectivity index (χ3v) is 4.78. The number of ether oxygens (including phenoxy) is 1. The van der Waals surface area contributed by atoms with Gasteiger partial charge in [-0.2, -0.15) is 0 Å². The number of piperidine rings is 1. The number of thioether (sulfide) groups is 1. The summed E-state index contributed by atoms with van der Waals surface area (Å²) in [5.41, 5.74) is 1.22. The lowest BCUT2D eigenvalue weighted by atomic mass is 10.1. The summed E-state index contributed by atoms with van der Waals surface area (Å²) in [7, 11) is 0. The van der Waals surface area contributed by atoms with Crippen LogP contribution < -0.4 is 10.1 Å². The minimum Gasteiger partial charge on any atom is -0.473 e. The molecule has 1 amide bonds. The smallest absolute Gasteiger partial charge is 0.230 e. The molecule has 0 radical (unpaired) electrons. The second-order valence-corrected chi connectivity index (χ2v) is 7.36. The summed E-state index contributed by atoms with van der Waals surface area (Å²) < 4.78 is 5.64. The first kappa shape index (κ1) is 20.5. The first-order valence-corrected chi connectivity index (χ1v) is 9.97. The normalized spacial score (nSPS) is 15.1. The summed E-state index contributed by atoms with van der Waals surface area (Å²) in [6, 6.07) is 4.02. The number of carbonyl (C=O) groups is 2. The standard InChI is InChI=1S/C19H27N3O3S/c1-16(23)26-15-18(24)20-8-3-6-12-25-19-13-17(7-9-21-19)14-22-10-4-2-5-11-22/h3,6-7,9,13H,2,4-5,8,10-12,14-15H2,1H3,(H,20,24). The summed E-state index contributed by atoms with van der Waals surface area (Å²) >= 11 is 1.01. The van der Waals surface area contributed by atoms with E-state index in [4.69, 9.17) is 4.74 Å². The van der Waals surface area contributed by atoms with Gasteiger partial charge in [0.1, 0.15) is 6.61 Å². The molecule has 7 heteroatoms. The molecule has 1 fully saturated rings. The van der Waals surface area contributed by atoms with E-state index in [0.29, 0.717) is 19.0 Å². The molecule has 2 heterocycles. The van der Waals surface area contributed by atoms with Crippen LogP contribution in [-0.4, -0.2) is 52.9 Å². The predicted molar refractivity (Wildman–Crippen MR) is 104 cm³/mol. The number of pyridine rings is 1. The highest BCUT2D eigenvalue weighted by Crippen LogP contribution is 2.15. The number of carbonyl (C=O) groups excluding carboxylic acids is 2. The van der Waals surface area contributed by atoms with Gasteiger partial charge in [-0.15, -0.1) is 0 Å². The molecular formula is C19H27N3O3S. The molecule has 2 rings (SSSR count). The van der Waals surface area contributed by atoms with Gasteiger partial charge in [0.05, 0.1) is 5.75 Å². The number of amides is 1. The molecule has 0 spiro atoms. The zero-order valence-electron chi connectivity index (χ0n) is 15.3. The molecule has 1 aromatic rings. The van der Waals surface area contributed by atoms with E-state index in [1.54, 1.807) is 6.20 Å². The Morgan fingerprint density at radius 1 is 1.31 bits per heavy atom. The number of nitrogens with zero attached hydrogens (tertiary/aromatic N) is 2. The number of nitrogens with one attached hydrogen (secondary N) is 1. The molecule has 1 aliphatic heterocycles. The minimum absolute atomic E-state index is 0.0564. The highest BCUT2D eigenvalue weighted by atomic mass is 32.2. The van der Waals surface area contributed by atoms with Crippen LogP contribution in [0.1, 0.15) is 31.7 Å². The lowest BCUT2D eigenvalue weighted by molar-refractivity contribution is -0.118. The van der Waals surface area contributed by atoms with Gasteiger partial charge in [-0.1, -0.05) is 24.3 Å². The monoisotopic (exact) mass is 377 g/mol. The van der Waals surface area contributed by atoms with Crippen LogP contribution in [0.4, 0.5) is 0 Å². The van der Waals surface area contributed by atoms with Crippen LogP contribution in [-0.2, 0) is 16.1 Å². The predicted octanol–water partition coefficient (Wildman–Crippen LogP) is 2.40. The Morgan fingerprint density at radius 3 is 2.88 bits per heavy atom. The summed E-state index contributed by atoms with van der Waals surface area (Å²) in [6.45, 7) is 5.54. The maximum atomic E-state index is 11.4. The highest BCUT2D eigenvalue weighted by Gasteiger charge is 2.10. The molecule has 0 bridgehead atoms. The van der Waals surface area contributed by atoms with E-state index >= 15 is 0 Å². The van der Waals surface area contributed by atoms with Gasteiger partial charge in [0, 0.05) is 32.3 Å². The quantitative estimate of drug-likeness (QED) is 0.667. The molecule has 0 unspecified atom stereocenters. The number of hydrogen-bond acceptors (Lipinski definition) is 6. The van der Waals surface area contributed by atoms with Gasteiger partial charge in [-0.3, -0.25) is 14.5 Å². The first-order chi connectivity index (χ1) is 12.6. The average molecular weight is 378 g/mol. The topological polar surface area (TPSA) is 71.5 Å². The molecule has 142 valence electrons. The average Bonchev–Trinajstić information content (AvgIpc) is 2.64. The molecule has 0 aromatic carbocycles. The van der Waals surface area contributed by atoms with Crippen molar-refractivity contribution in [3.63, 3.8) is 0 Å². The molecular weight excluding hydrogens is 350 g/mol. The van der Waals surface area contributed by atoms with E-state index in [2.05, 4.69) is 15.2 Å². The van der Waals surface area contributed by atoms with Crippen LogP contribution in [0.2, 0.25) is 0 Å². The van der Waals surface area contributed by atoms with Crippen molar-refractivity contribution in [2.24, 2.45) is 0 Å². The molecule has 6 nitrogen and oxygen atoms in total. The second-order valence-electron chi connectivity index (χ2n) is 6.21. The van der Waals surface area contributed by atoms with E-state index in [9.17, 15) is 9.59 Å². The van der Waals surface area contributed by atoms with Gasteiger partial charge in [-0.25, -0.2) is 4.98 Å². The molecule has 1 N–H and O–H groups in total. The van der Waals surface area contributed by atoms with Crippen molar-refractivity contribution >= 4 is 22.8 Å². The Balaban J connectivity index is 1.65. The lowest BCUT2D eigenvalue weighted by Crippen LogP contribution is -2.29. The van der Waals surface area contributed by atoms with E-state index in [0.717, 1.165) is 31.4 Å². The van der Waals surface area contributed by atoms with Gasteiger partial charge in [0.15, 0.2) is 5.12 Å². The van der Waals surface area contributed by atoms with Crippen molar-refractivity contribution in [2.75, 3.05) is 32.0 Å².